The molecule has 0 spiro atoms. The minimum atomic E-state index is -4.85. The molecule has 0 unspecified atom stereocenters. The van der Waals surface area contributed by atoms with Crippen LogP contribution >= 0.6 is 11.8 Å². The largest absolute Gasteiger partial charge is 0.573 e. The third kappa shape index (κ3) is 6.30. The lowest BCUT2D eigenvalue weighted by Gasteiger charge is -2.20. The number of halogens is 4. The molecule has 3 aromatic carbocycles. The van der Waals surface area contributed by atoms with E-state index >= 15 is 4.39 Å². The van der Waals surface area contributed by atoms with Gasteiger partial charge in [0.1, 0.15) is 11.6 Å². The molecule has 0 saturated carbocycles. The van der Waals surface area contributed by atoms with Crippen LogP contribution in [0.25, 0.3) is 10.9 Å². The van der Waals surface area contributed by atoms with E-state index in [0.29, 0.717) is 16.2 Å². The van der Waals surface area contributed by atoms with Crippen molar-refractivity contribution >= 4 is 57.2 Å². The van der Waals surface area contributed by atoms with Gasteiger partial charge in [-0.1, -0.05) is 43.8 Å². The first-order chi connectivity index (χ1) is 20.8. The van der Waals surface area contributed by atoms with E-state index in [4.69, 9.17) is 0 Å². The zero-order valence-corrected chi connectivity index (χ0v) is 24.8. The summed E-state index contributed by atoms with van der Waals surface area (Å²) in [7, 11) is 2.95. The van der Waals surface area contributed by atoms with Crippen molar-refractivity contribution in [1.29, 1.82) is 0 Å². The number of thioether (sulfide) groups is 1. The van der Waals surface area contributed by atoms with Crippen molar-refractivity contribution in [3.05, 3.63) is 83.3 Å². The summed E-state index contributed by atoms with van der Waals surface area (Å²) in [6.07, 6.45) is -3.50. The number of nitrogens with zero attached hydrogens (tertiary/aromatic N) is 6. The molecule has 0 N–H and O–H groups in total. The Hall–Kier alpha value is -4.72. The van der Waals surface area contributed by atoms with Gasteiger partial charge in [0.25, 0.3) is 5.91 Å². The fourth-order valence-corrected chi connectivity index (χ4v) is 5.54. The van der Waals surface area contributed by atoms with Gasteiger partial charge in [0.15, 0.2) is 10.9 Å². The monoisotopic (exact) mass is 626 g/mol. The molecule has 9 nitrogen and oxygen atoms in total. The molecule has 5 rings (SSSR count). The summed E-state index contributed by atoms with van der Waals surface area (Å²) in [6, 6.07) is 15.0. The Labute approximate surface area is 253 Å². The average molecular weight is 627 g/mol. The van der Waals surface area contributed by atoms with E-state index < -0.39 is 23.8 Å². The van der Waals surface area contributed by atoms with Gasteiger partial charge in [-0.2, -0.15) is 10.2 Å². The molecule has 14 heteroatoms. The van der Waals surface area contributed by atoms with E-state index in [0.717, 1.165) is 28.3 Å². The number of para-hydroxylation sites is 1. The summed E-state index contributed by atoms with van der Waals surface area (Å²) in [6.45, 7) is 4.08. The number of aryl methyl sites for hydroxylation is 1. The molecule has 0 radical (unpaired) electrons. The molecule has 44 heavy (non-hydrogen) atoms. The summed E-state index contributed by atoms with van der Waals surface area (Å²) in [5, 5.41) is 13.0. The van der Waals surface area contributed by atoms with Crippen LogP contribution in [0.1, 0.15) is 41.4 Å². The normalized spacial score (nSPS) is 14.9. The third-order valence-electron chi connectivity index (χ3n) is 6.81. The predicted molar refractivity (Wildman–Crippen MR) is 162 cm³/mol. The van der Waals surface area contributed by atoms with Crippen LogP contribution < -0.4 is 14.5 Å². The summed E-state index contributed by atoms with van der Waals surface area (Å²) >= 11 is 1.25. The van der Waals surface area contributed by atoms with Crippen LogP contribution in [0.5, 0.6) is 5.75 Å². The van der Waals surface area contributed by atoms with Gasteiger partial charge >= 0.3 is 6.36 Å². The number of hydrogen-bond acceptors (Lipinski definition) is 7. The van der Waals surface area contributed by atoms with Crippen LogP contribution in [0.15, 0.2) is 70.9 Å². The van der Waals surface area contributed by atoms with Crippen molar-refractivity contribution in [2.75, 3.05) is 22.6 Å². The minimum Gasteiger partial charge on any atom is -0.406 e. The number of amides is 2. The highest BCUT2D eigenvalue weighted by Crippen LogP contribution is 2.33. The Bertz CT molecular complexity index is 1800. The maximum absolute atomic E-state index is 15.4. The Balaban J connectivity index is 1.39. The highest BCUT2D eigenvalue weighted by Gasteiger charge is 2.32. The number of carbonyl (C=O) groups is 2. The molecule has 1 aromatic heterocycles. The van der Waals surface area contributed by atoms with E-state index in [1.807, 2.05) is 38.1 Å². The van der Waals surface area contributed by atoms with Gasteiger partial charge in [-0.25, -0.2) is 4.39 Å². The zero-order valence-electron chi connectivity index (χ0n) is 24.0. The fourth-order valence-electron chi connectivity index (χ4n) is 4.73. The van der Waals surface area contributed by atoms with Crippen molar-refractivity contribution < 1.29 is 31.9 Å². The lowest BCUT2D eigenvalue weighted by molar-refractivity contribution is -0.274. The summed E-state index contributed by atoms with van der Waals surface area (Å²) in [5.74, 6) is -1.57. The van der Waals surface area contributed by atoms with Gasteiger partial charge in [-0.3, -0.25) is 19.2 Å². The molecular formula is C30H26F4N6O3S. The number of rotatable bonds is 7. The van der Waals surface area contributed by atoms with Crippen molar-refractivity contribution in [1.82, 2.24) is 9.78 Å². The number of benzene rings is 3. The molecular weight excluding hydrogens is 600 g/mol. The Morgan fingerprint density at radius 3 is 2.52 bits per heavy atom. The van der Waals surface area contributed by atoms with Crippen molar-refractivity contribution in [2.45, 2.75) is 26.1 Å². The standard InChI is InChI=1S/C30H26F4N6O3S/c1-17(2)21-7-5-6-8-23(21)40-25(41)16-44-29(40)36-35-15-18-13-22(31)26-24(14-18)39(4)37-27(26)28(42)38(3)19-9-11-20(12-10-19)43-30(32,33)34/h5-15,17H,16H2,1-4H3/b35-15?,36-29-. The number of ether oxygens (including phenoxy) is 1. The number of hydrogen-bond donors (Lipinski definition) is 0. The molecule has 228 valence electrons. The molecule has 1 saturated heterocycles. The molecule has 1 aliphatic heterocycles. The molecule has 2 heterocycles. The van der Waals surface area contributed by atoms with Gasteiger partial charge in [-0.05, 0) is 59.5 Å². The van der Waals surface area contributed by atoms with Gasteiger partial charge < -0.3 is 9.64 Å². The van der Waals surface area contributed by atoms with Crippen LogP contribution in [0.3, 0.4) is 0 Å². The number of fused-ring (bicyclic) bond motifs is 1. The number of aromatic nitrogens is 2. The van der Waals surface area contributed by atoms with E-state index in [2.05, 4.69) is 20.0 Å². The van der Waals surface area contributed by atoms with Crippen LogP contribution in [-0.4, -0.2) is 52.1 Å². The SMILES string of the molecule is CC(C)c1ccccc1N1C(=O)CS/C1=N\N=Cc1cc(F)c2c(C(=O)N(C)c3ccc(OC(F)(F)F)cc3)nn(C)c2c1. The van der Waals surface area contributed by atoms with Crippen molar-refractivity contribution in [3.63, 3.8) is 0 Å². The predicted octanol–water partition coefficient (Wildman–Crippen LogP) is 6.48. The van der Waals surface area contributed by atoms with Crippen LogP contribution in [0.2, 0.25) is 0 Å². The molecule has 4 aromatic rings. The topological polar surface area (TPSA) is 92.4 Å². The quantitative estimate of drug-likeness (QED) is 0.133. The minimum absolute atomic E-state index is 0.0294. The van der Waals surface area contributed by atoms with Gasteiger partial charge in [0, 0.05) is 19.8 Å². The lowest BCUT2D eigenvalue weighted by atomic mass is 10.0. The second-order valence-corrected chi connectivity index (χ2v) is 11.1. The molecule has 0 bridgehead atoms. The van der Waals surface area contributed by atoms with Crippen molar-refractivity contribution in [2.24, 2.45) is 17.3 Å². The van der Waals surface area contributed by atoms with Gasteiger partial charge in [0.2, 0.25) is 5.91 Å². The first-order valence-corrected chi connectivity index (χ1v) is 14.3. The van der Waals surface area contributed by atoms with Crippen LogP contribution in [0, 0.1) is 5.82 Å². The van der Waals surface area contributed by atoms with Crippen molar-refractivity contribution in [3.8, 4) is 5.75 Å². The Morgan fingerprint density at radius 2 is 1.84 bits per heavy atom. The maximum atomic E-state index is 15.4. The Kier molecular flexibility index (Phi) is 8.46. The second kappa shape index (κ2) is 12.1. The van der Waals surface area contributed by atoms with Crippen LogP contribution in [-0.2, 0) is 11.8 Å². The van der Waals surface area contributed by atoms with Gasteiger partial charge in [-0.15, -0.1) is 18.3 Å². The average Bonchev–Trinajstić information content (AvgIpc) is 3.51. The van der Waals surface area contributed by atoms with E-state index in [-0.39, 0.29) is 34.3 Å². The maximum Gasteiger partial charge on any atom is 0.573 e. The molecule has 0 atom stereocenters. The zero-order chi connectivity index (χ0) is 31.8. The summed E-state index contributed by atoms with van der Waals surface area (Å²) < 4.78 is 58.1. The highest BCUT2D eigenvalue weighted by molar-refractivity contribution is 8.15. The molecule has 0 aliphatic carbocycles. The first kappa shape index (κ1) is 30.7. The number of alkyl halides is 3. The van der Waals surface area contributed by atoms with E-state index in [9.17, 15) is 22.8 Å². The summed E-state index contributed by atoms with van der Waals surface area (Å²) in [4.78, 5) is 28.7. The highest BCUT2D eigenvalue weighted by atomic mass is 32.2. The van der Waals surface area contributed by atoms with Gasteiger partial charge in [0.05, 0.1) is 28.6 Å². The second-order valence-electron chi connectivity index (χ2n) is 10.1. The third-order valence-corrected chi connectivity index (χ3v) is 7.72. The van der Waals surface area contributed by atoms with E-state index in [1.165, 1.54) is 52.8 Å². The molecule has 1 aliphatic rings. The number of carbonyl (C=O) groups excluding carboxylic acids is 2. The number of amidine groups is 1. The molecule has 1 fully saturated rings. The fraction of sp³-hybridized carbons (Fsp3) is 0.233. The lowest BCUT2D eigenvalue weighted by Crippen LogP contribution is -2.30. The number of anilines is 2. The van der Waals surface area contributed by atoms with E-state index in [1.54, 1.807) is 13.1 Å². The Morgan fingerprint density at radius 1 is 1.14 bits per heavy atom. The summed E-state index contributed by atoms with van der Waals surface area (Å²) in [5.41, 5.74) is 2.46. The van der Waals surface area contributed by atoms with Crippen LogP contribution in [0.4, 0.5) is 28.9 Å². The smallest absolute Gasteiger partial charge is 0.406 e. The molecule has 2 amide bonds. The first-order valence-electron chi connectivity index (χ1n) is 13.3.